The molecule has 2 aliphatic heterocycles. The highest BCUT2D eigenvalue weighted by Gasteiger charge is 2.27. The van der Waals surface area contributed by atoms with Crippen molar-refractivity contribution in [3.63, 3.8) is 0 Å². The zero-order chi connectivity index (χ0) is 18.4. The smallest absolute Gasteiger partial charge is 0.231 e. The van der Waals surface area contributed by atoms with Crippen LogP contribution in [0.1, 0.15) is 37.7 Å². The summed E-state index contributed by atoms with van der Waals surface area (Å²) in [5.74, 6) is -0.0504. The van der Waals surface area contributed by atoms with E-state index in [0.717, 1.165) is 18.5 Å². The molecule has 2 N–H and O–H groups in total. The van der Waals surface area contributed by atoms with Crippen LogP contribution < -0.4 is 15.4 Å². The van der Waals surface area contributed by atoms with Crippen LogP contribution in [0.5, 0.6) is 5.75 Å². The number of hydrogen-bond acceptors (Lipinski definition) is 4. The molecular weight excluding hydrogens is 330 g/mol. The molecule has 0 aromatic heterocycles. The highest BCUT2D eigenvalue weighted by atomic mass is 16.5. The first kappa shape index (κ1) is 18.7. The van der Waals surface area contributed by atoms with Crippen molar-refractivity contribution in [2.75, 3.05) is 38.1 Å². The standard InChI is InChI=1S/C20H29N3O3/c1-15-6-7-18-17(12-15)22-20(25)16(14-26-18)13-19(24)21-8-5-11-23-9-3-2-4-10-23/h6-7,12,16H,2-5,8-11,13-14H2,1H3,(H,21,24)(H,22,25). The lowest BCUT2D eigenvalue weighted by Crippen LogP contribution is -2.35. The third kappa shape index (κ3) is 5.21. The minimum absolute atomic E-state index is 0.0884. The predicted molar refractivity (Wildman–Crippen MR) is 101 cm³/mol. The summed E-state index contributed by atoms with van der Waals surface area (Å²) in [4.78, 5) is 27.0. The van der Waals surface area contributed by atoms with Crippen LogP contribution in [0.2, 0.25) is 0 Å². The lowest BCUT2D eigenvalue weighted by molar-refractivity contribution is -0.128. The van der Waals surface area contributed by atoms with E-state index in [9.17, 15) is 9.59 Å². The first-order valence-electron chi connectivity index (χ1n) is 9.65. The Morgan fingerprint density at radius 3 is 2.92 bits per heavy atom. The van der Waals surface area contributed by atoms with Gasteiger partial charge >= 0.3 is 0 Å². The van der Waals surface area contributed by atoms with Crippen molar-refractivity contribution in [1.82, 2.24) is 10.2 Å². The molecule has 0 spiro atoms. The second-order valence-corrected chi connectivity index (χ2v) is 7.31. The highest BCUT2D eigenvalue weighted by Crippen LogP contribution is 2.29. The van der Waals surface area contributed by atoms with E-state index in [-0.39, 0.29) is 24.8 Å². The molecule has 26 heavy (non-hydrogen) atoms. The summed E-state index contributed by atoms with van der Waals surface area (Å²) in [6, 6.07) is 5.69. The van der Waals surface area contributed by atoms with Gasteiger partial charge in [-0.1, -0.05) is 12.5 Å². The van der Waals surface area contributed by atoms with Crippen molar-refractivity contribution in [3.05, 3.63) is 23.8 Å². The fourth-order valence-electron chi connectivity index (χ4n) is 3.53. The van der Waals surface area contributed by atoms with Crippen LogP contribution in [-0.4, -0.2) is 49.5 Å². The lowest BCUT2D eigenvalue weighted by atomic mass is 10.1. The van der Waals surface area contributed by atoms with Crippen LogP contribution in [0.15, 0.2) is 18.2 Å². The summed E-state index contributed by atoms with van der Waals surface area (Å²) in [5.41, 5.74) is 1.73. The minimum atomic E-state index is -0.468. The van der Waals surface area contributed by atoms with Gasteiger partial charge in [0.2, 0.25) is 11.8 Å². The summed E-state index contributed by atoms with van der Waals surface area (Å²) in [5, 5.41) is 5.82. The molecule has 0 radical (unpaired) electrons. The second kappa shape index (κ2) is 9.03. The predicted octanol–water partition coefficient (Wildman–Crippen LogP) is 2.32. The second-order valence-electron chi connectivity index (χ2n) is 7.31. The van der Waals surface area contributed by atoms with Gasteiger partial charge in [0.25, 0.3) is 0 Å². The van der Waals surface area contributed by atoms with E-state index in [2.05, 4.69) is 15.5 Å². The number of nitrogens with zero attached hydrogens (tertiary/aromatic N) is 1. The van der Waals surface area contributed by atoms with Crippen molar-refractivity contribution in [2.45, 2.75) is 39.0 Å². The van der Waals surface area contributed by atoms with Gasteiger partial charge in [-0.3, -0.25) is 9.59 Å². The Morgan fingerprint density at radius 1 is 1.31 bits per heavy atom. The highest BCUT2D eigenvalue weighted by molar-refractivity contribution is 5.97. The van der Waals surface area contributed by atoms with Crippen molar-refractivity contribution in [3.8, 4) is 5.75 Å². The zero-order valence-corrected chi connectivity index (χ0v) is 15.6. The maximum atomic E-state index is 12.4. The molecule has 1 aromatic rings. The number of likely N-dealkylation sites (tertiary alicyclic amines) is 1. The molecule has 6 nitrogen and oxygen atoms in total. The van der Waals surface area contributed by atoms with Crippen molar-refractivity contribution in [1.29, 1.82) is 0 Å². The largest absolute Gasteiger partial charge is 0.491 e. The minimum Gasteiger partial charge on any atom is -0.491 e. The van der Waals surface area contributed by atoms with E-state index >= 15 is 0 Å². The average molecular weight is 359 g/mol. The topological polar surface area (TPSA) is 70.7 Å². The molecule has 1 unspecified atom stereocenters. The van der Waals surface area contributed by atoms with Crippen LogP contribution in [-0.2, 0) is 9.59 Å². The maximum Gasteiger partial charge on any atom is 0.231 e. The van der Waals surface area contributed by atoms with Crippen LogP contribution >= 0.6 is 0 Å². The Balaban J connectivity index is 1.40. The first-order valence-corrected chi connectivity index (χ1v) is 9.65. The van der Waals surface area contributed by atoms with Gasteiger partial charge in [-0.25, -0.2) is 0 Å². The molecule has 142 valence electrons. The van der Waals surface area contributed by atoms with Crippen LogP contribution in [0.3, 0.4) is 0 Å². The van der Waals surface area contributed by atoms with E-state index < -0.39 is 5.92 Å². The Bertz CT molecular complexity index is 641. The molecular formula is C20H29N3O3. The normalized spacial score (nSPS) is 20.5. The van der Waals surface area contributed by atoms with Gasteiger partial charge < -0.3 is 20.3 Å². The number of anilines is 1. The molecule has 2 amide bonds. The number of hydrogen-bond donors (Lipinski definition) is 2. The van der Waals surface area contributed by atoms with Gasteiger partial charge in [0.05, 0.1) is 11.6 Å². The maximum absolute atomic E-state index is 12.4. The first-order chi connectivity index (χ1) is 12.6. The third-order valence-electron chi connectivity index (χ3n) is 5.06. The third-order valence-corrected chi connectivity index (χ3v) is 5.06. The average Bonchev–Trinajstić information content (AvgIpc) is 2.78. The van der Waals surface area contributed by atoms with Crippen LogP contribution in [0.4, 0.5) is 5.69 Å². The molecule has 1 atom stereocenters. The van der Waals surface area contributed by atoms with Crippen molar-refractivity contribution in [2.24, 2.45) is 5.92 Å². The van der Waals surface area contributed by atoms with Crippen LogP contribution in [0, 0.1) is 12.8 Å². The van der Waals surface area contributed by atoms with Gasteiger partial charge in [-0.2, -0.15) is 0 Å². The van der Waals surface area contributed by atoms with E-state index in [1.165, 1.54) is 32.4 Å². The number of ether oxygens (including phenoxy) is 1. The van der Waals surface area contributed by atoms with E-state index in [1.807, 2.05) is 25.1 Å². The number of carbonyl (C=O) groups is 2. The monoisotopic (exact) mass is 359 g/mol. The number of benzene rings is 1. The molecule has 3 rings (SSSR count). The van der Waals surface area contributed by atoms with Gasteiger partial charge in [0.15, 0.2) is 0 Å². The number of piperidine rings is 1. The number of carbonyl (C=O) groups excluding carboxylic acids is 2. The van der Waals surface area contributed by atoms with Gasteiger partial charge in [-0.15, -0.1) is 0 Å². The fraction of sp³-hybridized carbons (Fsp3) is 0.600. The number of nitrogens with one attached hydrogen (secondary N) is 2. The molecule has 1 fully saturated rings. The lowest BCUT2D eigenvalue weighted by Gasteiger charge is -2.26. The van der Waals surface area contributed by atoms with E-state index in [4.69, 9.17) is 4.74 Å². The Hall–Kier alpha value is -2.08. The number of rotatable bonds is 6. The van der Waals surface area contributed by atoms with Gasteiger partial charge in [-0.05, 0) is 63.5 Å². The zero-order valence-electron chi connectivity index (χ0n) is 15.6. The summed E-state index contributed by atoms with van der Waals surface area (Å²) >= 11 is 0. The van der Waals surface area contributed by atoms with Gasteiger partial charge in [0, 0.05) is 13.0 Å². The summed E-state index contributed by atoms with van der Waals surface area (Å²) in [6.45, 7) is 6.22. The number of fused-ring (bicyclic) bond motifs is 1. The van der Waals surface area contributed by atoms with Gasteiger partial charge in [0.1, 0.15) is 12.4 Å². The molecule has 2 aliphatic rings. The fourth-order valence-corrected chi connectivity index (χ4v) is 3.53. The molecule has 1 saturated heterocycles. The molecule has 0 saturated carbocycles. The van der Waals surface area contributed by atoms with Crippen molar-refractivity contribution >= 4 is 17.5 Å². The Labute approximate surface area is 155 Å². The van der Waals surface area contributed by atoms with E-state index in [0.29, 0.717) is 18.0 Å². The SMILES string of the molecule is Cc1ccc2c(c1)NC(=O)C(CC(=O)NCCCN1CCCCC1)CO2. The molecule has 6 heteroatoms. The molecule has 0 bridgehead atoms. The van der Waals surface area contributed by atoms with Crippen LogP contribution in [0.25, 0.3) is 0 Å². The summed E-state index contributed by atoms with van der Waals surface area (Å²) in [6.07, 6.45) is 5.00. The molecule has 0 aliphatic carbocycles. The Morgan fingerprint density at radius 2 is 2.12 bits per heavy atom. The molecule has 2 heterocycles. The number of aryl methyl sites for hydroxylation is 1. The van der Waals surface area contributed by atoms with Crippen molar-refractivity contribution < 1.29 is 14.3 Å². The molecule has 1 aromatic carbocycles. The summed E-state index contributed by atoms with van der Waals surface area (Å²) in [7, 11) is 0. The Kier molecular flexibility index (Phi) is 6.50. The number of amides is 2. The summed E-state index contributed by atoms with van der Waals surface area (Å²) < 4.78 is 5.72. The quantitative estimate of drug-likeness (QED) is 0.765. The van der Waals surface area contributed by atoms with E-state index in [1.54, 1.807) is 0 Å².